The zero-order valence-corrected chi connectivity index (χ0v) is 10.6. The van der Waals surface area contributed by atoms with E-state index >= 15 is 0 Å². The highest BCUT2D eigenvalue weighted by Crippen LogP contribution is 2.12. The summed E-state index contributed by atoms with van der Waals surface area (Å²) in [5, 5.41) is 19.7. The van der Waals surface area contributed by atoms with E-state index in [4.69, 9.17) is 10.4 Å². The van der Waals surface area contributed by atoms with E-state index in [0.29, 0.717) is 6.07 Å². The van der Waals surface area contributed by atoms with Gasteiger partial charge >= 0.3 is 5.97 Å². The van der Waals surface area contributed by atoms with Gasteiger partial charge in [0.05, 0.1) is 11.6 Å². The zero-order valence-electron chi connectivity index (χ0n) is 10.6. The summed E-state index contributed by atoms with van der Waals surface area (Å²) in [5.74, 6) is -4.88. The predicted octanol–water partition coefficient (Wildman–Crippen LogP) is 1.70. The van der Waals surface area contributed by atoms with E-state index < -0.39 is 41.0 Å². The van der Waals surface area contributed by atoms with E-state index in [9.17, 15) is 18.4 Å². The molecule has 0 unspecified atom stereocenters. The van der Waals surface area contributed by atoms with Gasteiger partial charge in [-0.25, -0.2) is 13.6 Å². The van der Waals surface area contributed by atoms with Gasteiger partial charge in [0.25, 0.3) is 5.91 Å². The highest BCUT2D eigenvalue weighted by atomic mass is 19.1. The second-order valence-electron chi connectivity index (χ2n) is 4.25. The molecule has 2 N–H and O–H groups in total. The average molecular weight is 282 g/mol. The molecule has 1 amide bonds. The van der Waals surface area contributed by atoms with Gasteiger partial charge in [-0.15, -0.1) is 0 Å². The summed E-state index contributed by atoms with van der Waals surface area (Å²) in [6.07, 6.45) is -0.0802. The Labute approximate surface area is 113 Å². The number of amides is 1. The molecule has 0 heterocycles. The van der Waals surface area contributed by atoms with E-state index in [2.05, 4.69) is 5.32 Å². The van der Waals surface area contributed by atoms with Crippen LogP contribution in [-0.4, -0.2) is 23.0 Å². The Balaban J connectivity index is 2.91. The van der Waals surface area contributed by atoms with E-state index in [1.165, 1.54) is 6.92 Å². The Bertz CT molecular complexity index is 569. The zero-order chi connectivity index (χ0) is 15.3. The SMILES string of the molecule is C[C@@H](CC#N)[C@@H](NC(=O)c1ccc(F)cc1F)C(=O)O. The van der Waals surface area contributed by atoms with Gasteiger partial charge in [-0.2, -0.15) is 5.26 Å². The van der Waals surface area contributed by atoms with E-state index in [1.54, 1.807) is 6.07 Å². The minimum Gasteiger partial charge on any atom is -0.480 e. The summed E-state index contributed by atoms with van der Waals surface area (Å²) in [7, 11) is 0. The summed E-state index contributed by atoms with van der Waals surface area (Å²) < 4.78 is 26.1. The first-order valence-electron chi connectivity index (χ1n) is 5.72. The third kappa shape index (κ3) is 3.75. The summed E-state index contributed by atoms with van der Waals surface area (Å²) in [4.78, 5) is 22.8. The number of halogens is 2. The molecule has 1 rings (SSSR count). The molecule has 5 nitrogen and oxygen atoms in total. The van der Waals surface area contributed by atoms with Crippen LogP contribution < -0.4 is 5.32 Å². The molecule has 1 aromatic rings. The molecule has 0 aliphatic heterocycles. The van der Waals surface area contributed by atoms with Gasteiger partial charge in [0.2, 0.25) is 0 Å². The minimum absolute atomic E-state index is 0.0802. The van der Waals surface area contributed by atoms with E-state index in [0.717, 1.165) is 12.1 Å². The Morgan fingerprint density at radius 1 is 1.45 bits per heavy atom. The lowest BCUT2D eigenvalue weighted by atomic mass is 9.98. The highest BCUT2D eigenvalue weighted by Gasteiger charge is 2.27. The van der Waals surface area contributed by atoms with Crippen LogP contribution in [0.5, 0.6) is 0 Å². The third-order valence-electron chi connectivity index (χ3n) is 2.71. The maximum absolute atomic E-state index is 13.4. The molecule has 0 fully saturated rings. The van der Waals surface area contributed by atoms with Gasteiger partial charge in [0, 0.05) is 18.4 Å². The van der Waals surface area contributed by atoms with Crippen molar-refractivity contribution in [2.24, 2.45) is 5.92 Å². The quantitative estimate of drug-likeness (QED) is 0.860. The Morgan fingerprint density at radius 3 is 2.60 bits per heavy atom. The maximum atomic E-state index is 13.4. The lowest BCUT2D eigenvalue weighted by Crippen LogP contribution is -2.45. The van der Waals surface area contributed by atoms with Crippen molar-refractivity contribution in [2.45, 2.75) is 19.4 Å². The smallest absolute Gasteiger partial charge is 0.326 e. The molecule has 0 aliphatic carbocycles. The molecular weight excluding hydrogens is 270 g/mol. The fourth-order valence-corrected chi connectivity index (χ4v) is 1.60. The Kier molecular flexibility index (Phi) is 5.15. The van der Waals surface area contributed by atoms with Gasteiger partial charge in [-0.1, -0.05) is 6.92 Å². The first kappa shape index (κ1) is 15.6. The van der Waals surface area contributed by atoms with Crippen molar-refractivity contribution in [3.05, 3.63) is 35.4 Å². The fraction of sp³-hybridized carbons (Fsp3) is 0.308. The van der Waals surface area contributed by atoms with Crippen molar-refractivity contribution >= 4 is 11.9 Å². The summed E-state index contributed by atoms with van der Waals surface area (Å²) in [5.41, 5.74) is -0.457. The van der Waals surface area contributed by atoms with Gasteiger partial charge in [-0.05, 0) is 12.1 Å². The molecule has 0 aliphatic rings. The number of nitrogens with zero attached hydrogens (tertiary/aromatic N) is 1. The number of carbonyl (C=O) groups excluding carboxylic acids is 1. The van der Waals surface area contributed by atoms with Crippen LogP contribution in [0.1, 0.15) is 23.7 Å². The van der Waals surface area contributed by atoms with Gasteiger partial charge in [0.15, 0.2) is 0 Å². The number of nitrogens with one attached hydrogen (secondary N) is 1. The van der Waals surface area contributed by atoms with E-state index in [1.807, 2.05) is 0 Å². The molecular formula is C13H12F2N2O3. The van der Waals surface area contributed by atoms with Crippen molar-refractivity contribution in [2.75, 3.05) is 0 Å². The largest absolute Gasteiger partial charge is 0.480 e. The number of hydrogen-bond donors (Lipinski definition) is 2. The first-order chi connectivity index (χ1) is 9.36. The topological polar surface area (TPSA) is 90.2 Å². The number of nitriles is 1. The summed E-state index contributed by atoms with van der Waals surface area (Å²) in [6, 6.07) is 2.82. The minimum atomic E-state index is -1.33. The predicted molar refractivity (Wildman–Crippen MR) is 64.6 cm³/mol. The molecule has 0 radical (unpaired) electrons. The Morgan fingerprint density at radius 2 is 2.10 bits per heavy atom. The number of carboxylic acids is 1. The van der Waals surface area contributed by atoms with Crippen molar-refractivity contribution in [3.63, 3.8) is 0 Å². The van der Waals surface area contributed by atoms with Crippen molar-refractivity contribution < 1.29 is 23.5 Å². The first-order valence-corrected chi connectivity index (χ1v) is 5.72. The lowest BCUT2D eigenvalue weighted by Gasteiger charge is -2.19. The van der Waals surface area contributed by atoms with Crippen LogP contribution in [-0.2, 0) is 4.79 Å². The molecule has 2 atom stereocenters. The van der Waals surface area contributed by atoms with E-state index in [-0.39, 0.29) is 6.42 Å². The standard InChI is InChI=1S/C13H12F2N2O3/c1-7(4-5-16)11(13(19)20)17-12(18)9-3-2-8(14)6-10(9)15/h2-3,6-7,11H,4H2,1H3,(H,17,18)(H,19,20)/t7-,11+/m0/s1. The lowest BCUT2D eigenvalue weighted by molar-refractivity contribution is -0.140. The molecule has 0 spiro atoms. The van der Waals surface area contributed by atoms with Crippen LogP contribution >= 0.6 is 0 Å². The maximum Gasteiger partial charge on any atom is 0.326 e. The van der Waals surface area contributed by atoms with Crippen LogP contribution in [0.3, 0.4) is 0 Å². The molecule has 0 saturated carbocycles. The average Bonchev–Trinajstić information content (AvgIpc) is 2.35. The number of carbonyl (C=O) groups is 2. The molecule has 20 heavy (non-hydrogen) atoms. The number of carboxylic acid groups (broad SMARTS) is 1. The molecule has 0 bridgehead atoms. The summed E-state index contributed by atoms with van der Waals surface area (Å²) >= 11 is 0. The number of aliphatic carboxylic acids is 1. The van der Waals surface area contributed by atoms with Crippen LogP contribution in [0.4, 0.5) is 8.78 Å². The normalized spacial score (nSPS) is 13.1. The van der Waals surface area contributed by atoms with Gasteiger partial charge in [-0.3, -0.25) is 4.79 Å². The van der Waals surface area contributed by atoms with Crippen LogP contribution in [0.25, 0.3) is 0 Å². The molecule has 106 valence electrons. The van der Waals surface area contributed by atoms with Crippen LogP contribution in [0.15, 0.2) is 18.2 Å². The summed E-state index contributed by atoms with van der Waals surface area (Å²) in [6.45, 7) is 1.48. The second-order valence-corrected chi connectivity index (χ2v) is 4.25. The highest BCUT2D eigenvalue weighted by molar-refractivity contribution is 5.96. The molecule has 0 saturated heterocycles. The van der Waals surface area contributed by atoms with Crippen LogP contribution in [0, 0.1) is 28.9 Å². The van der Waals surface area contributed by atoms with Crippen LogP contribution in [0.2, 0.25) is 0 Å². The van der Waals surface area contributed by atoms with Crippen molar-refractivity contribution in [3.8, 4) is 6.07 Å². The molecule has 1 aromatic carbocycles. The van der Waals surface area contributed by atoms with Crippen molar-refractivity contribution in [1.82, 2.24) is 5.32 Å². The fourth-order valence-electron chi connectivity index (χ4n) is 1.60. The Hall–Kier alpha value is -2.49. The van der Waals surface area contributed by atoms with Gasteiger partial charge in [0.1, 0.15) is 17.7 Å². The van der Waals surface area contributed by atoms with Gasteiger partial charge < -0.3 is 10.4 Å². The van der Waals surface area contributed by atoms with Crippen molar-refractivity contribution in [1.29, 1.82) is 5.26 Å². The molecule has 7 heteroatoms. The number of hydrogen-bond acceptors (Lipinski definition) is 3. The monoisotopic (exact) mass is 282 g/mol. The second kappa shape index (κ2) is 6.61. The molecule has 0 aromatic heterocycles. The number of rotatable bonds is 5. The third-order valence-corrected chi connectivity index (χ3v) is 2.71. The number of benzene rings is 1.